The van der Waals surface area contributed by atoms with Crippen molar-refractivity contribution in [2.24, 2.45) is 11.8 Å². The number of ether oxygens (including phenoxy) is 1. The zero-order valence-electron chi connectivity index (χ0n) is 20.4. The van der Waals surface area contributed by atoms with Gasteiger partial charge in [0.15, 0.2) is 0 Å². The summed E-state index contributed by atoms with van der Waals surface area (Å²) in [4.78, 5) is 42.5. The van der Waals surface area contributed by atoms with Crippen molar-refractivity contribution in [2.45, 2.75) is 82.6 Å². The lowest BCUT2D eigenvalue weighted by Gasteiger charge is -2.36. The van der Waals surface area contributed by atoms with Crippen LogP contribution >= 0.6 is 0 Å². The average molecular weight is 472 g/mol. The van der Waals surface area contributed by atoms with E-state index in [1.165, 1.54) is 4.90 Å². The van der Waals surface area contributed by atoms with Crippen LogP contribution in [-0.2, 0) is 19.1 Å². The number of para-hydroxylation sites is 1. The molecule has 186 valence electrons. The summed E-state index contributed by atoms with van der Waals surface area (Å²) in [6.07, 6.45) is 4.63. The maximum absolute atomic E-state index is 13.9. The Kier molecular flexibility index (Phi) is 7.01. The molecule has 1 spiro atoms. The molecule has 3 aliphatic rings. The number of hydrogen-bond acceptors (Lipinski definition) is 5. The number of benzene rings is 1. The van der Waals surface area contributed by atoms with E-state index < -0.39 is 35.1 Å². The molecular weight excluding hydrogens is 434 g/mol. The quantitative estimate of drug-likeness (QED) is 0.455. The molecule has 2 unspecified atom stereocenters. The molecule has 0 radical (unpaired) electrons. The first-order valence-corrected chi connectivity index (χ1v) is 12.6. The van der Waals surface area contributed by atoms with Gasteiger partial charge in [0.05, 0.1) is 30.1 Å². The van der Waals surface area contributed by atoms with Gasteiger partial charge in [-0.1, -0.05) is 44.9 Å². The fraction of sp³-hybridized carbons (Fsp3) is 0.654. The Morgan fingerprint density at radius 3 is 2.56 bits per heavy atom. The predicted octanol–water partition coefficient (Wildman–Crippen LogP) is 2.47. The van der Waals surface area contributed by atoms with E-state index in [1.54, 1.807) is 6.92 Å². The molecule has 3 fully saturated rings. The normalized spacial score (nSPS) is 32.5. The molecule has 0 aromatic heterocycles. The molecule has 3 amide bonds. The Morgan fingerprint density at radius 1 is 1.18 bits per heavy atom. The van der Waals surface area contributed by atoms with E-state index >= 15 is 0 Å². The molecule has 1 aromatic rings. The van der Waals surface area contributed by atoms with E-state index in [2.05, 4.69) is 17.6 Å². The summed E-state index contributed by atoms with van der Waals surface area (Å²) >= 11 is 0. The second-order valence-electron chi connectivity index (χ2n) is 9.96. The largest absolute Gasteiger partial charge is 0.394 e. The standard InChI is InChI=1S/C26H37N3O5/c1-4-6-10-15-27-23(32)21-26-14-13-25(5-2,34-26)19(20(26)24(33)29(21)17(3)16-30)22(31)28-18-11-8-7-9-12-18/h7-9,11-12,17,19-21,30H,4-6,10,13-16H2,1-3H3,(H,27,32)(H,28,31)/t17-,19-,20+,21?,25+,26?/m1/s1. The predicted molar refractivity (Wildman–Crippen MR) is 128 cm³/mol. The molecular formula is C26H37N3O5. The van der Waals surface area contributed by atoms with E-state index in [1.807, 2.05) is 37.3 Å². The maximum Gasteiger partial charge on any atom is 0.245 e. The molecule has 3 saturated heterocycles. The van der Waals surface area contributed by atoms with Gasteiger partial charge in [0.1, 0.15) is 11.6 Å². The van der Waals surface area contributed by atoms with Gasteiger partial charge in [0.2, 0.25) is 17.7 Å². The van der Waals surface area contributed by atoms with Gasteiger partial charge < -0.3 is 25.4 Å². The van der Waals surface area contributed by atoms with Crippen molar-refractivity contribution in [3.63, 3.8) is 0 Å². The van der Waals surface area contributed by atoms with Crippen molar-refractivity contribution in [1.82, 2.24) is 10.2 Å². The van der Waals surface area contributed by atoms with Gasteiger partial charge in [-0.3, -0.25) is 14.4 Å². The number of fused-ring (bicyclic) bond motifs is 1. The van der Waals surface area contributed by atoms with Crippen LogP contribution in [0.4, 0.5) is 5.69 Å². The summed E-state index contributed by atoms with van der Waals surface area (Å²) in [6.45, 7) is 6.06. The summed E-state index contributed by atoms with van der Waals surface area (Å²) < 4.78 is 6.68. The van der Waals surface area contributed by atoms with E-state index in [9.17, 15) is 19.5 Å². The van der Waals surface area contributed by atoms with Crippen molar-refractivity contribution in [1.29, 1.82) is 0 Å². The molecule has 8 nitrogen and oxygen atoms in total. The number of unbranched alkanes of at least 4 members (excludes halogenated alkanes) is 2. The SMILES string of the molecule is CCCCCNC(=O)C1N([C@H](C)CO)C(=O)[C@@H]2[C@H](C(=O)Nc3ccccc3)[C@]3(CC)CCC12O3. The number of likely N-dealkylation sites (tertiary alicyclic amines) is 1. The number of rotatable bonds is 10. The highest BCUT2D eigenvalue weighted by Crippen LogP contribution is 2.64. The van der Waals surface area contributed by atoms with Crippen molar-refractivity contribution in [2.75, 3.05) is 18.5 Å². The average Bonchev–Trinajstić information content (AvgIpc) is 3.45. The maximum atomic E-state index is 13.9. The molecule has 6 atom stereocenters. The smallest absolute Gasteiger partial charge is 0.245 e. The fourth-order valence-corrected chi connectivity index (χ4v) is 6.34. The number of anilines is 1. The first-order chi connectivity index (χ1) is 16.3. The topological polar surface area (TPSA) is 108 Å². The summed E-state index contributed by atoms with van der Waals surface area (Å²) in [5.74, 6) is -2.26. The monoisotopic (exact) mass is 471 g/mol. The van der Waals surface area contributed by atoms with Crippen LogP contribution < -0.4 is 10.6 Å². The van der Waals surface area contributed by atoms with Gasteiger partial charge in [-0.05, 0) is 44.7 Å². The number of hydrogen-bond donors (Lipinski definition) is 3. The summed E-state index contributed by atoms with van der Waals surface area (Å²) in [7, 11) is 0. The lowest BCUT2D eigenvalue weighted by molar-refractivity contribution is -0.149. The Bertz CT molecular complexity index is 924. The molecule has 3 heterocycles. The number of nitrogens with zero attached hydrogens (tertiary/aromatic N) is 1. The third-order valence-electron chi connectivity index (χ3n) is 8.01. The molecule has 0 aliphatic carbocycles. The van der Waals surface area contributed by atoms with Crippen LogP contribution in [0.25, 0.3) is 0 Å². The van der Waals surface area contributed by atoms with E-state index in [0.29, 0.717) is 31.5 Å². The molecule has 0 saturated carbocycles. The number of carbonyl (C=O) groups excluding carboxylic acids is 3. The Morgan fingerprint density at radius 2 is 1.91 bits per heavy atom. The fourth-order valence-electron chi connectivity index (χ4n) is 6.34. The summed E-state index contributed by atoms with van der Waals surface area (Å²) in [6, 6.07) is 7.75. The van der Waals surface area contributed by atoms with Crippen molar-refractivity contribution in [3.05, 3.63) is 30.3 Å². The van der Waals surface area contributed by atoms with Crippen LogP contribution in [-0.4, -0.2) is 64.2 Å². The highest BCUT2D eigenvalue weighted by atomic mass is 16.5. The van der Waals surface area contributed by atoms with Crippen molar-refractivity contribution in [3.8, 4) is 0 Å². The minimum atomic E-state index is -1.07. The number of aliphatic hydroxyl groups excluding tert-OH is 1. The van der Waals surface area contributed by atoms with Gasteiger partial charge in [0.25, 0.3) is 0 Å². The third-order valence-corrected chi connectivity index (χ3v) is 8.01. The molecule has 8 heteroatoms. The van der Waals surface area contributed by atoms with Gasteiger partial charge in [0, 0.05) is 12.2 Å². The number of nitrogens with one attached hydrogen (secondary N) is 2. The van der Waals surface area contributed by atoms with Gasteiger partial charge in [-0.25, -0.2) is 0 Å². The molecule has 3 aliphatic heterocycles. The zero-order chi connectivity index (χ0) is 24.5. The highest BCUT2D eigenvalue weighted by Gasteiger charge is 2.78. The summed E-state index contributed by atoms with van der Waals surface area (Å²) in [5.41, 5.74) is -1.19. The number of carbonyl (C=O) groups is 3. The van der Waals surface area contributed by atoms with Crippen LogP contribution in [0.3, 0.4) is 0 Å². The minimum Gasteiger partial charge on any atom is -0.394 e. The molecule has 4 rings (SSSR count). The second-order valence-corrected chi connectivity index (χ2v) is 9.96. The lowest BCUT2D eigenvalue weighted by atomic mass is 9.65. The minimum absolute atomic E-state index is 0.256. The van der Waals surface area contributed by atoms with E-state index in [-0.39, 0.29) is 24.3 Å². The molecule has 1 aromatic carbocycles. The number of amides is 3. The first kappa shape index (κ1) is 24.7. The van der Waals surface area contributed by atoms with Gasteiger partial charge in [-0.15, -0.1) is 0 Å². The van der Waals surface area contributed by atoms with Crippen LogP contribution in [0.5, 0.6) is 0 Å². The van der Waals surface area contributed by atoms with Crippen LogP contribution in [0.1, 0.15) is 59.3 Å². The van der Waals surface area contributed by atoms with Crippen LogP contribution in [0.2, 0.25) is 0 Å². The zero-order valence-corrected chi connectivity index (χ0v) is 20.4. The van der Waals surface area contributed by atoms with Crippen molar-refractivity contribution >= 4 is 23.4 Å². The molecule has 2 bridgehead atoms. The first-order valence-electron chi connectivity index (χ1n) is 12.6. The van der Waals surface area contributed by atoms with Crippen LogP contribution in [0.15, 0.2) is 30.3 Å². The Balaban J connectivity index is 1.69. The number of aliphatic hydroxyl groups is 1. The van der Waals surface area contributed by atoms with E-state index in [4.69, 9.17) is 4.74 Å². The Hall–Kier alpha value is -2.45. The van der Waals surface area contributed by atoms with E-state index in [0.717, 1.165) is 19.3 Å². The second kappa shape index (κ2) is 9.66. The third kappa shape index (κ3) is 3.81. The molecule has 34 heavy (non-hydrogen) atoms. The highest BCUT2D eigenvalue weighted by molar-refractivity contribution is 6.02. The van der Waals surface area contributed by atoms with Gasteiger partial charge >= 0.3 is 0 Å². The van der Waals surface area contributed by atoms with Gasteiger partial charge in [-0.2, -0.15) is 0 Å². The summed E-state index contributed by atoms with van der Waals surface area (Å²) in [5, 5.41) is 15.9. The van der Waals surface area contributed by atoms with Crippen molar-refractivity contribution < 1.29 is 24.2 Å². The molecule has 3 N–H and O–H groups in total. The van der Waals surface area contributed by atoms with Crippen LogP contribution in [0, 0.1) is 11.8 Å². The Labute approximate surface area is 201 Å². The lowest BCUT2D eigenvalue weighted by Crippen LogP contribution is -2.57.